The van der Waals surface area contributed by atoms with E-state index in [9.17, 15) is 23.4 Å². The maximum Gasteiger partial charge on any atom is 0.404 e. The maximum absolute atomic E-state index is 13.5. The smallest absolute Gasteiger partial charge is 0.404 e. The van der Waals surface area contributed by atoms with Gasteiger partial charge < -0.3 is 35.5 Å². The second kappa shape index (κ2) is 13.0. The van der Waals surface area contributed by atoms with Gasteiger partial charge in [0.15, 0.2) is 11.5 Å². The van der Waals surface area contributed by atoms with Crippen LogP contribution in [0.15, 0.2) is 47.4 Å². The first-order valence-corrected chi connectivity index (χ1v) is 13.5. The number of aliphatic hydroxyl groups is 1. The van der Waals surface area contributed by atoms with Gasteiger partial charge in [-0.1, -0.05) is 26.0 Å². The van der Waals surface area contributed by atoms with Crippen molar-refractivity contribution in [1.82, 2.24) is 9.62 Å². The molecule has 0 radical (unpaired) electrons. The van der Waals surface area contributed by atoms with Crippen LogP contribution in [0, 0.1) is 5.92 Å². The van der Waals surface area contributed by atoms with E-state index in [0.717, 1.165) is 12.0 Å². The molecule has 0 saturated heterocycles. The highest BCUT2D eigenvalue weighted by atomic mass is 32.2. The summed E-state index contributed by atoms with van der Waals surface area (Å²) in [6.45, 7) is 4.56. The van der Waals surface area contributed by atoms with E-state index >= 15 is 0 Å². The third-order valence-electron chi connectivity index (χ3n) is 5.71. The van der Waals surface area contributed by atoms with Gasteiger partial charge in [0.25, 0.3) is 0 Å². The molecule has 1 aliphatic heterocycles. The number of sulfonamides is 1. The SMILES string of the molecule is CC(C)CN(C[C@@H](O)[C@H](Cc1ccc(OCCCN)cc1)NC(=O)O)S(=O)(=O)c1ccc2c(c1)OCO2. The molecule has 1 heterocycles. The average Bonchev–Trinajstić information content (AvgIpc) is 3.32. The summed E-state index contributed by atoms with van der Waals surface area (Å²) in [5.41, 5.74) is 6.22. The molecule has 0 unspecified atom stereocenters. The van der Waals surface area contributed by atoms with Gasteiger partial charge in [0.1, 0.15) is 5.75 Å². The van der Waals surface area contributed by atoms with Crippen LogP contribution in [-0.2, 0) is 16.4 Å². The third kappa shape index (κ3) is 7.96. The number of carboxylic acid groups (broad SMARTS) is 1. The summed E-state index contributed by atoms with van der Waals surface area (Å²) in [6.07, 6.45) is -1.77. The van der Waals surface area contributed by atoms with E-state index in [-0.39, 0.29) is 37.1 Å². The van der Waals surface area contributed by atoms with Crippen LogP contribution in [0.3, 0.4) is 0 Å². The summed E-state index contributed by atoms with van der Waals surface area (Å²) in [7, 11) is -4.03. The Kier molecular flexibility index (Phi) is 9.98. The molecule has 2 aromatic rings. The summed E-state index contributed by atoms with van der Waals surface area (Å²) in [5, 5.41) is 22.8. The topological polar surface area (TPSA) is 161 Å². The van der Waals surface area contributed by atoms with Gasteiger partial charge in [-0.3, -0.25) is 0 Å². The molecule has 0 aliphatic carbocycles. The lowest BCUT2D eigenvalue weighted by molar-refractivity contribution is 0.0980. The molecule has 0 spiro atoms. The molecule has 11 nitrogen and oxygen atoms in total. The van der Waals surface area contributed by atoms with Crippen molar-refractivity contribution in [3.8, 4) is 17.2 Å². The molecule has 0 bridgehead atoms. The van der Waals surface area contributed by atoms with Gasteiger partial charge in [-0.15, -0.1) is 0 Å². The highest BCUT2D eigenvalue weighted by molar-refractivity contribution is 7.89. The third-order valence-corrected chi connectivity index (χ3v) is 7.54. The molecule has 1 amide bonds. The van der Waals surface area contributed by atoms with Crippen LogP contribution >= 0.6 is 0 Å². The van der Waals surface area contributed by atoms with E-state index in [1.807, 2.05) is 13.8 Å². The van der Waals surface area contributed by atoms with Crippen LogP contribution in [0.2, 0.25) is 0 Å². The zero-order valence-electron chi connectivity index (χ0n) is 21.0. The Balaban J connectivity index is 1.77. The zero-order valence-corrected chi connectivity index (χ0v) is 21.8. The number of nitrogens with two attached hydrogens (primary N) is 1. The van der Waals surface area contributed by atoms with Crippen LogP contribution in [0.1, 0.15) is 25.8 Å². The highest BCUT2D eigenvalue weighted by Gasteiger charge is 2.32. The van der Waals surface area contributed by atoms with Crippen molar-refractivity contribution in [1.29, 1.82) is 0 Å². The Morgan fingerprint density at radius 3 is 2.49 bits per heavy atom. The van der Waals surface area contributed by atoms with Crippen molar-refractivity contribution in [2.75, 3.05) is 33.0 Å². The van der Waals surface area contributed by atoms with Gasteiger partial charge >= 0.3 is 6.09 Å². The molecule has 2 atom stereocenters. The van der Waals surface area contributed by atoms with Crippen LogP contribution in [0.25, 0.3) is 0 Å². The van der Waals surface area contributed by atoms with Crippen molar-refractivity contribution in [3.05, 3.63) is 48.0 Å². The molecule has 1 aliphatic rings. The second-order valence-electron chi connectivity index (χ2n) is 9.19. The van der Waals surface area contributed by atoms with E-state index < -0.39 is 28.3 Å². The molecule has 204 valence electrons. The van der Waals surface area contributed by atoms with Crippen molar-refractivity contribution in [2.45, 2.75) is 43.7 Å². The quantitative estimate of drug-likeness (QED) is 0.264. The van der Waals surface area contributed by atoms with Gasteiger partial charge in [-0.2, -0.15) is 4.31 Å². The standard InChI is InChI=1S/C25H35N3O8S/c1-17(2)14-28(37(32,33)20-8-9-23-24(13-20)36-16-35-23)15-22(29)21(27-25(30)31)12-18-4-6-19(7-5-18)34-11-3-10-26/h4-9,13,17,21-22,27,29H,3,10-12,14-16,26H2,1-2H3,(H,30,31)/t21-,22+/m0/s1. The molecule has 0 fully saturated rings. The molecular formula is C25H35N3O8S. The Bertz CT molecular complexity index is 1140. The van der Waals surface area contributed by atoms with Gasteiger partial charge in [-0.05, 0) is 55.1 Å². The monoisotopic (exact) mass is 537 g/mol. The van der Waals surface area contributed by atoms with E-state index in [0.29, 0.717) is 30.4 Å². The minimum atomic E-state index is -4.03. The highest BCUT2D eigenvalue weighted by Crippen LogP contribution is 2.34. The van der Waals surface area contributed by atoms with Gasteiger partial charge in [-0.25, -0.2) is 13.2 Å². The summed E-state index contributed by atoms with van der Waals surface area (Å²) < 4.78 is 44.4. The minimum Gasteiger partial charge on any atom is -0.494 e. The maximum atomic E-state index is 13.5. The predicted molar refractivity (Wildman–Crippen MR) is 136 cm³/mol. The predicted octanol–water partition coefficient (Wildman–Crippen LogP) is 2.03. The number of hydrogen-bond acceptors (Lipinski definition) is 8. The van der Waals surface area contributed by atoms with Crippen LogP contribution in [-0.4, -0.2) is 74.2 Å². The number of ether oxygens (including phenoxy) is 3. The van der Waals surface area contributed by atoms with E-state index in [2.05, 4.69) is 5.32 Å². The van der Waals surface area contributed by atoms with E-state index in [4.69, 9.17) is 19.9 Å². The van der Waals surface area contributed by atoms with Crippen molar-refractivity contribution >= 4 is 16.1 Å². The first kappa shape index (κ1) is 28.5. The van der Waals surface area contributed by atoms with Crippen molar-refractivity contribution < 1.29 is 37.6 Å². The molecule has 3 rings (SSSR count). The number of aliphatic hydroxyl groups excluding tert-OH is 1. The van der Waals surface area contributed by atoms with Crippen LogP contribution < -0.4 is 25.3 Å². The Morgan fingerprint density at radius 1 is 1.14 bits per heavy atom. The fourth-order valence-corrected chi connectivity index (χ4v) is 5.53. The molecular weight excluding hydrogens is 502 g/mol. The van der Waals surface area contributed by atoms with Crippen LogP contribution in [0.4, 0.5) is 4.79 Å². The summed E-state index contributed by atoms with van der Waals surface area (Å²) in [6, 6.07) is 10.4. The number of nitrogens with zero attached hydrogens (tertiary/aromatic N) is 1. The Morgan fingerprint density at radius 2 is 1.84 bits per heavy atom. The van der Waals surface area contributed by atoms with Gasteiger partial charge in [0.05, 0.1) is 23.6 Å². The lowest BCUT2D eigenvalue weighted by Crippen LogP contribution is -2.50. The summed E-state index contributed by atoms with van der Waals surface area (Å²) in [5.74, 6) is 1.38. The number of benzene rings is 2. The number of hydrogen-bond donors (Lipinski definition) is 4. The number of fused-ring (bicyclic) bond motifs is 1. The molecule has 5 N–H and O–H groups in total. The summed E-state index contributed by atoms with van der Waals surface area (Å²) in [4.78, 5) is 11.5. The normalized spacial score (nSPS) is 14.5. The molecule has 0 saturated carbocycles. The molecule has 0 aromatic heterocycles. The second-order valence-corrected chi connectivity index (χ2v) is 11.1. The number of carbonyl (C=O) groups is 1. The lowest BCUT2D eigenvalue weighted by Gasteiger charge is -2.30. The van der Waals surface area contributed by atoms with E-state index in [1.165, 1.54) is 22.5 Å². The lowest BCUT2D eigenvalue weighted by atomic mass is 10.0. The Hall–Kier alpha value is -3.06. The number of amides is 1. The minimum absolute atomic E-state index is 0.00225. The van der Waals surface area contributed by atoms with Crippen LogP contribution in [0.5, 0.6) is 17.2 Å². The van der Waals surface area contributed by atoms with Gasteiger partial charge in [0.2, 0.25) is 16.8 Å². The summed E-state index contributed by atoms with van der Waals surface area (Å²) >= 11 is 0. The fourth-order valence-electron chi connectivity index (χ4n) is 3.89. The van der Waals surface area contributed by atoms with Crippen molar-refractivity contribution in [3.63, 3.8) is 0 Å². The average molecular weight is 538 g/mol. The Labute approximate surface area is 217 Å². The largest absolute Gasteiger partial charge is 0.494 e. The molecule has 37 heavy (non-hydrogen) atoms. The first-order valence-electron chi connectivity index (χ1n) is 12.1. The molecule has 12 heteroatoms. The molecule has 2 aromatic carbocycles. The zero-order chi connectivity index (χ0) is 27.0. The fraction of sp³-hybridized carbons (Fsp3) is 0.480. The number of nitrogens with one attached hydrogen (secondary N) is 1. The van der Waals surface area contributed by atoms with E-state index in [1.54, 1.807) is 24.3 Å². The van der Waals surface area contributed by atoms with Crippen molar-refractivity contribution in [2.24, 2.45) is 11.7 Å². The van der Waals surface area contributed by atoms with Gasteiger partial charge in [0, 0.05) is 19.2 Å². The first-order chi connectivity index (χ1) is 17.6. The number of rotatable bonds is 14.